The van der Waals surface area contributed by atoms with E-state index in [4.69, 9.17) is 0 Å². The van der Waals surface area contributed by atoms with E-state index in [9.17, 15) is 14.0 Å². The van der Waals surface area contributed by atoms with Crippen molar-refractivity contribution in [2.45, 2.75) is 25.4 Å². The monoisotopic (exact) mass is 350 g/mol. The third-order valence-corrected chi connectivity index (χ3v) is 5.02. The van der Waals surface area contributed by atoms with Gasteiger partial charge < -0.3 is 9.47 Å². The Morgan fingerprint density at radius 2 is 1.85 bits per heavy atom. The number of hydrogen-bond donors (Lipinski definition) is 0. The van der Waals surface area contributed by atoms with Gasteiger partial charge in [0, 0.05) is 24.2 Å². The topological polar surface area (TPSA) is 42.3 Å². The highest BCUT2D eigenvalue weighted by molar-refractivity contribution is 5.82. The van der Waals surface area contributed by atoms with Gasteiger partial charge in [0.1, 0.15) is 12.4 Å². The zero-order valence-electron chi connectivity index (χ0n) is 14.3. The molecule has 0 spiro atoms. The molecule has 0 radical (unpaired) electrons. The number of carbonyl (C=O) groups excluding carboxylic acids is 1. The maximum atomic E-state index is 13.2. The molecule has 0 N–H and O–H groups in total. The Morgan fingerprint density at radius 1 is 1.08 bits per heavy atom. The van der Waals surface area contributed by atoms with Gasteiger partial charge in [0.2, 0.25) is 5.91 Å². The Morgan fingerprint density at radius 3 is 2.65 bits per heavy atom. The van der Waals surface area contributed by atoms with Crippen molar-refractivity contribution in [2.75, 3.05) is 6.54 Å². The van der Waals surface area contributed by atoms with Crippen LogP contribution >= 0.6 is 0 Å². The fourth-order valence-electron chi connectivity index (χ4n) is 3.73. The Labute approximate surface area is 150 Å². The second-order valence-corrected chi connectivity index (χ2v) is 6.62. The van der Waals surface area contributed by atoms with Crippen molar-refractivity contribution in [2.24, 2.45) is 0 Å². The molecule has 2 heterocycles. The molecule has 1 aliphatic rings. The smallest absolute Gasteiger partial charge is 0.243 e. The second kappa shape index (κ2) is 6.75. The Bertz CT molecular complexity index is 1010. The first-order chi connectivity index (χ1) is 12.6. The number of benzene rings is 2. The van der Waals surface area contributed by atoms with Crippen LogP contribution in [0.3, 0.4) is 0 Å². The van der Waals surface area contributed by atoms with E-state index >= 15 is 0 Å². The summed E-state index contributed by atoms with van der Waals surface area (Å²) in [6.07, 6.45) is 3.48. The third kappa shape index (κ3) is 3.01. The van der Waals surface area contributed by atoms with Gasteiger partial charge in [-0.2, -0.15) is 0 Å². The van der Waals surface area contributed by atoms with Crippen molar-refractivity contribution in [3.63, 3.8) is 0 Å². The highest BCUT2D eigenvalue weighted by Gasteiger charge is 2.29. The van der Waals surface area contributed by atoms with Crippen LogP contribution in [0.15, 0.2) is 65.6 Å². The van der Waals surface area contributed by atoms with E-state index in [0.29, 0.717) is 11.9 Å². The summed E-state index contributed by atoms with van der Waals surface area (Å²) in [7, 11) is 0. The number of fused-ring (bicyclic) bond motifs is 1. The van der Waals surface area contributed by atoms with Crippen LogP contribution in [0.1, 0.15) is 24.4 Å². The number of rotatable bonds is 3. The largest absolute Gasteiger partial charge is 0.338 e. The normalized spacial score (nSPS) is 17.0. The number of halogens is 1. The van der Waals surface area contributed by atoms with Crippen LogP contribution in [-0.4, -0.2) is 21.9 Å². The Balaban J connectivity index is 1.61. The van der Waals surface area contributed by atoms with Gasteiger partial charge in [-0.1, -0.05) is 24.3 Å². The fraction of sp³-hybridized carbons (Fsp3) is 0.238. The molecule has 1 aliphatic heterocycles. The minimum Gasteiger partial charge on any atom is -0.338 e. The van der Waals surface area contributed by atoms with Crippen molar-refractivity contribution in [3.8, 4) is 0 Å². The summed E-state index contributed by atoms with van der Waals surface area (Å²) in [5, 5.41) is 0.610. The summed E-state index contributed by atoms with van der Waals surface area (Å²) in [5.41, 5.74) is 1.67. The van der Waals surface area contributed by atoms with Crippen LogP contribution in [0.2, 0.25) is 0 Å². The lowest BCUT2D eigenvalue weighted by molar-refractivity contribution is -0.132. The minimum atomic E-state index is -0.274. The van der Waals surface area contributed by atoms with E-state index in [-0.39, 0.29) is 29.7 Å². The number of pyridine rings is 1. The van der Waals surface area contributed by atoms with Gasteiger partial charge >= 0.3 is 0 Å². The molecule has 1 aromatic heterocycles. The van der Waals surface area contributed by atoms with Crippen LogP contribution in [0.5, 0.6) is 0 Å². The lowest BCUT2D eigenvalue weighted by atomic mass is 10.0. The summed E-state index contributed by atoms with van der Waals surface area (Å²) in [5.74, 6) is -0.269. The molecule has 1 amide bonds. The zero-order chi connectivity index (χ0) is 18.1. The van der Waals surface area contributed by atoms with E-state index in [1.807, 2.05) is 27.7 Å². The van der Waals surface area contributed by atoms with Gasteiger partial charge in [0.05, 0.1) is 11.6 Å². The fourth-order valence-corrected chi connectivity index (χ4v) is 3.73. The van der Waals surface area contributed by atoms with Gasteiger partial charge in [0.15, 0.2) is 5.43 Å². The number of para-hydroxylation sites is 1. The van der Waals surface area contributed by atoms with Crippen LogP contribution in [0.4, 0.5) is 4.39 Å². The maximum Gasteiger partial charge on any atom is 0.243 e. The van der Waals surface area contributed by atoms with Gasteiger partial charge in [-0.25, -0.2) is 4.39 Å². The Hall–Kier alpha value is -2.95. The van der Waals surface area contributed by atoms with Crippen molar-refractivity contribution in [1.82, 2.24) is 9.47 Å². The molecular weight excluding hydrogens is 331 g/mol. The summed E-state index contributed by atoms with van der Waals surface area (Å²) >= 11 is 0. The highest BCUT2D eigenvalue weighted by Crippen LogP contribution is 2.32. The molecule has 1 saturated heterocycles. The average molecular weight is 350 g/mol. The van der Waals surface area contributed by atoms with Gasteiger partial charge in [-0.3, -0.25) is 9.59 Å². The van der Waals surface area contributed by atoms with Crippen LogP contribution < -0.4 is 5.43 Å². The van der Waals surface area contributed by atoms with E-state index in [0.717, 1.165) is 23.9 Å². The van der Waals surface area contributed by atoms with Gasteiger partial charge in [-0.15, -0.1) is 0 Å². The van der Waals surface area contributed by atoms with Crippen LogP contribution in [-0.2, 0) is 11.3 Å². The summed E-state index contributed by atoms with van der Waals surface area (Å²) in [4.78, 5) is 26.8. The molecule has 4 nitrogen and oxygen atoms in total. The number of carbonyl (C=O) groups is 1. The number of amides is 1. The van der Waals surface area contributed by atoms with Gasteiger partial charge in [-0.05, 0) is 42.7 Å². The number of aromatic nitrogens is 1. The molecule has 5 heteroatoms. The summed E-state index contributed by atoms with van der Waals surface area (Å²) in [6, 6.07) is 15.2. The van der Waals surface area contributed by atoms with E-state index < -0.39 is 0 Å². The Kier molecular flexibility index (Phi) is 4.29. The molecule has 0 unspecified atom stereocenters. The average Bonchev–Trinajstić information content (AvgIpc) is 3.15. The molecule has 0 saturated carbocycles. The molecular formula is C21H19FN2O2. The maximum absolute atomic E-state index is 13.2. The SMILES string of the molecule is O=C(Cn1ccc(=O)c2ccccc21)N1CCC[C@@H]1c1ccc(F)cc1. The van der Waals surface area contributed by atoms with E-state index in [1.165, 1.54) is 18.2 Å². The molecule has 0 bridgehead atoms. The predicted octanol–water partition coefficient (Wildman–Crippen LogP) is 3.50. The quantitative estimate of drug-likeness (QED) is 0.725. The number of hydrogen-bond acceptors (Lipinski definition) is 2. The van der Waals surface area contributed by atoms with Crippen molar-refractivity contribution in [3.05, 3.63) is 82.4 Å². The molecule has 26 heavy (non-hydrogen) atoms. The first kappa shape index (κ1) is 16.5. The van der Waals surface area contributed by atoms with Gasteiger partial charge in [0.25, 0.3) is 0 Å². The molecule has 1 fully saturated rings. The standard InChI is InChI=1S/C21H19FN2O2/c22-16-9-7-15(8-10-16)18-6-3-12-24(18)21(26)14-23-13-11-20(25)17-4-1-2-5-19(17)23/h1-2,4-5,7-11,13,18H,3,6,12,14H2/t18-/m1/s1. The first-order valence-corrected chi connectivity index (χ1v) is 8.76. The zero-order valence-corrected chi connectivity index (χ0v) is 14.3. The molecule has 3 aromatic rings. The van der Waals surface area contributed by atoms with E-state index in [1.54, 1.807) is 24.4 Å². The molecule has 2 aromatic carbocycles. The minimum absolute atomic E-state index is 0.00521. The lowest BCUT2D eigenvalue weighted by Gasteiger charge is -2.26. The second-order valence-electron chi connectivity index (χ2n) is 6.62. The molecule has 0 aliphatic carbocycles. The first-order valence-electron chi connectivity index (χ1n) is 8.76. The van der Waals surface area contributed by atoms with Crippen LogP contribution in [0.25, 0.3) is 10.9 Å². The third-order valence-electron chi connectivity index (χ3n) is 5.02. The molecule has 132 valence electrons. The van der Waals surface area contributed by atoms with Crippen LogP contribution in [0, 0.1) is 5.82 Å². The number of nitrogens with zero attached hydrogens (tertiary/aromatic N) is 2. The van der Waals surface area contributed by atoms with Crippen molar-refractivity contribution in [1.29, 1.82) is 0 Å². The summed E-state index contributed by atoms with van der Waals surface area (Å²) in [6.45, 7) is 0.873. The summed E-state index contributed by atoms with van der Waals surface area (Å²) < 4.78 is 15.0. The van der Waals surface area contributed by atoms with Crippen molar-refractivity contribution >= 4 is 16.8 Å². The lowest BCUT2D eigenvalue weighted by Crippen LogP contribution is -2.33. The molecule has 4 rings (SSSR count). The molecule has 1 atom stereocenters. The highest BCUT2D eigenvalue weighted by atomic mass is 19.1. The predicted molar refractivity (Wildman–Crippen MR) is 98.3 cm³/mol. The van der Waals surface area contributed by atoms with E-state index in [2.05, 4.69) is 0 Å². The van der Waals surface area contributed by atoms with Crippen molar-refractivity contribution < 1.29 is 9.18 Å². The number of likely N-dealkylation sites (tertiary alicyclic amines) is 1.